The van der Waals surface area contributed by atoms with E-state index < -0.39 is 22.9 Å². The molecule has 1 aliphatic rings. The molecule has 186 valence electrons. The Hall–Kier alpha value is -3.09. The Morgan fingerprint density at radius 2 is 1.61 bits per heavy atom. The van der Waals surface area contributed by atoms with Gasteiger partial charge in [0.2, 0.25) is 0 Å². The van der Waals surface area contributed by atoms with Crippen LogP contribution in [0.2, 0.25) is 5.02 Å². The third-order valence-corrected chi connectivity index (χ3v) is 7.39. The van der Waals surface area contributed by atoms with Crippen LogP contribution in [0, 0.1) is 11.6 Å². The predicted molar refractivity (Wildman–Crippen MR) is 141 cm³/mol. The molecule has 0 saturated carbocycles. The predicted octanol–water partition coefficient (Wildman–Crippen LogP) is 6.96. The van der Waals surface area contributed by atoms with E-state index >= 15 is 0 Å². The molecule has 0 N–H and O–H groups in total. The van der Waals surface area contributed by atoms with Gasteiger partial charge < -0.3 is 0 Å². The van der Waals surface area contributed by atoms with E-state index in [0.717, 1.165) is 48.3 Å². The fourth-order valence-corrected chi connectivity index (χ4v) is 5.33. The van der Waals surface area contributed by atoms with Crippen LogP contribution in [0.1, 0.15) is 45.2 Å². The van der Waals surface area contributed by atoms with Crippen molar-refractivity contribution in [2.75, 3.05) is 13.1 Å². The van der Waals surface area contributed by atoms with Gasteiger partial charge in [-0.3, -0.25) is 19.2 Å². The maximum Gasteiger partial charge on any atom is 0.255 e. The number of pyridine rings is 2. The molecule has 4 aromatic rings. The van der Waals surface area contributed by atoms with Gasteiger partial charge in [-0.15, -0.1) is 0 Å². The Bertz CT molecular complexity index is 1480. The van der Waals surface area contributed by atoms with Crippen molar-refractivity contribution in [2.24, 2.45) is 0 Å². The van der Waals surface area contributed by atoms with Crippen LogP contribution in [0.3, 0.4) is 0 Å². The van der Waals surface area contributed by atoms with E-state index in [1.54, 1.807) is 12.1 Å². The number of fused-ring (bicyclic) bond motifs is 1. The van der Waals surface area contributed by atoms with Gasteiger partial charge in [-0.2, -0.15) is 0 Å². The van der Waals surface area contributed by atoms with E-state index in [9.17, 15) is 13.6 Å². The number of hydrogen-bond donors (Lipinski definition) is 0. The standard InChI is InChI=1S/C29H28ClF2N3O/c1-29(2,3)34-15-13-18(14-16-34)24-17-25-20(27(33-24)19-7-4-5-8-21(19)30)11-12-26(36)35(25)28-22(31)9-6-10-23(28)32/h4-12,17-18H,13-16H2,1-3H3. The maximum absolute atomic E-state index is 14.9. The molecule has 0 amide bonds. The summed E-state index contributed by atoms with van der Waals surface area (Å²) in [5.41, 5.74) is 1.67. The summed E-state index contributed by atoms with van der Waals surface area (Å²) in [6.07, 6.45) is 1.78. The highest BCUT2D eigenvalue weighted by atomic mass is 35.5. The second-order valence-corrected chi connectivity index (χ2v) is 10.7. The number of rotatable bonds is 3. The summed E-state index contributed by atoms with van der Waals surface area (Å²) >= 11 is 6.57. The molecular weight excluding hydrogens is 480 g/mol. The fraction of sp³-hybridized carbons (Fsp3) is 0.310. The molecule has 36 heavy (non-hydrogen) atoms. The van der Waals surface area contributed by atoms with Gasteiger partial charge in [0.05, 0.1) is 11.2 Å². The zero-order chi connectivity index (χ0) is 25.6. The first kappa shape index (κ1) is 24.6. The molecule has 0 bridgehead atoms. The van der Waals surface area contributed by atoms with E-state index in [2.05, 4.69) is 25.7 Å². The third kappa shape index (κ3) is 4.44. The van der Waals surface area contributed by atoms with Gasteiger partial charge in [0.1, 0.15) is 17.3 Å². The van der Waals surface area contributed by atoms with Crippen molar-refractivity contribution in [3.05, 3.63) is 93.4 Å². The van der Waals surface area contributed by atoms with E-state index in [4.69, 9.17) is 16.6 Å². The molecule has 5 rings (SSSR count). The van der Waals surface area contributed by atoms with E-state index in [-0.39, 0.29) is 11.5 Å². The monoisotopic (exact) mass is 507 g/mol. The Kier molecular flexibility index (Phi) is 6.43. The molecule has 2 aromatic heterocycles. The van der Waals surface area contributed by atoms with Crippen LogP contribution in [0.25, 0.3) is 27.8 Å². The lowest BCUT2D eigenvalue weighted by Crippen LogP contribution is -2.45. The van der Waals surface area contributed by atoms with Gasteiger partial charge in [-0.1, -0.05) is 35.9 Å². The molecule has 1 fully saturated rings. The zero-order valence-electron chi connectivity index (χ0n) is 20.6. The molecule has 0 atom stereocenters. The lowest BCUT2D eigenvalue weighted by Gasteiger charge is -2.40. The van der Waals surface area contributed by atoms with Gasteiger partial charge in [-0.05, 0) is 77.0 Å². The first-order valence-electron chi connectivity index (χ1n) is 12.2. The largest absolute Gasteiger partial charge is 0.298 e. The van der Waals surface area contributed by atoms with Crippen LogP contribution in [-0.4, -0.2) is 33.1 Å². The molecule has 1 saturated heterocycles. The highest BCUT2D eigenvalue weighted by Gasteiger charge is 2.29. The molecule has 1 aliphatic heterocycles. The van der Waals surface area contributed by atoms with Gasteiger partial charge in [-0.25, -0.2) is 8.78 Å². The number of piperidine rings is 1. The number of para-hydroxylation sites is 1. The molecular formula is C29H28ClF2N3O. The van der Waals surface area contributed by atoms with Crippen molar-refractivity contribution in [3.63, 3.8) is 0 Å². The number of halogens is 3. The first-order valence-corrected chi connectivity index (χ1v) is 12.5. The van der Waals surface area contributed by atoms with Crippen molar-refractivity contribution in [2.45, 2.75) is 45.1 Å². The second kappa shape index (κ2) is 9.41. The molecule has 0 radical (unpaired) electrons. The summed E-state index contributed by atoms with van der Waals surface area (Å²) in [6, 6.07) is 15.8. The van der Waals surface area contributed by atoms with Crippen LogP contribution in [0.5, 0.6) is 0 Å². The minimum Gasteiger partial charge on any atom is -0.298 e. The Morgan fingerprint density at radius 1 is 0.944 bits per heavy atom. The summed E-state index contributed by atoms with van der Waals surface area (Å²) in [7, 11) is 0. The Balaban J connectivity index is 1.76. The van der Waals surface area contributed by atoms with E-state index in [1.165, 1.54) is 12.1 Å². The minimum absolute atomic E-state index is 0.0767. The zero-order valence-corrected chi connectivity index (χ0v) is 21.3. The summed E-state index contributed by atoms with van der Waals surface area (Å²) in [6.45, 7) is 8.45. The Morgan fingerprint density at radius 3 is 2.25 bits per heavy atom. The van der Waals surface area contributed by atoms with Crippen LogP contribution in [0.4, 0.5) is 8.78 Å². The molecule has 0 aliphatic carbocycles. The topological polar surface area (TPSA) is 38.1 Å². The first-order chi connectivity index (χ1) is 17.1. The molecule has 2 aromatic carbocycles. The van der Waals surface area contributed by atoms with Crippen molar-refractivity contribution in [1.82, 2.24) is 14.5 Å². The van der Waals surface area contributed by atoms with Crippen molar-refractivity contribution >= 4 is 22.5 Å². The number of benzene rings is 2. The average Bonchev–Trinajstić information content (AvgIpc) is 2.84. The van der Waals surface area contributed by atoms with Crippen LogP contribution in [-0.2, 0) is 0 Å². The van der Waals surface area contributed by atoms with Crippen LogP contribution in [0.15, 0.2) is 65.5 Å². The summed E-state index contributed by atoms with van der Waals surface area (Å²) in [5, 5.41) is 1.11. The summed E-state index contributed by atoms with van der Waals surface area (Å²) in [5.74, 6) is -1.47. The van der Waals surface area contributed by atoms with Gasteiger partial charge in [0.25, 0.3) is 5.56 Å². The normalized spacial score (nSPS) is 15.5. The fourth-order valence-electron chi connectivity index (χ4n) is 5.10. The minimum atomic E-state index is -0.805. The lowest BCUT2D eigenvalue weighted by molar-refractivity contribution is 0.102. The van der Waals surface area contributed by atoms with Crippen molar-refractivity contribution < 1.29 is 8.78 Å². The van der Waals surface area contributed by atoms with Gasteiger partial charge in [0.15, 0.2) is 0 Å². The second-order valence-electron chi connectivity index (χ2n) is 10.3. The SMILES string of the molecule is CC(C)(C)N1CCC(c2cc3c(ccc(=O)n3-c3c(F)cccc3F)c(-c3ccccc3Cl)n2)CC1. The number of hydrogen-bond acceptors (Lipinski definition) is 3. The molecule has 7 heteroatoms. The highest BCUT2D eigenvalue weighted by Crippen LogP contribution is 2.37. The number of aromatic nitrogens is 2. The van der Waals surface area contributed by atoms with Crippen LogP contribution < -0.4 is 5.56 Å². The molecule has 0 spiro atoms. The Labute approximate surface area is 214 Å². The van der Waals surface area contributed by atoms with Crippen molar-refractivity contribution in [1.29, 1.82) is 0 Å². The lowest BCUT2D eigenvalue weighted by atomic mass is 9.89. The van der Waals surface area contributed by atoms with E-state index in [1.807, 2.05) is 24.3 Å². The number of likely N-dealkylation sites (tertiary alicyclic amines) is 1. The quantitative estimate of drug-likeness (QED) is 0.301. The highest BCUT2D eigenvalue weighted by molar-refractivity contribution is 6.33. The smallest absolute Gasteiger partial charge is 0.255 e. The third-order valence-electron chi connectivity index (χ3n) is 7.06. The summed E-state index contributed by atoms with van der Waals surface area (Å²) < 4.78 is 30.9. The van der Waals surface area contributed by atoms with Gasteiger partial charge in [0, 0.05) is 39.2 Å². The molecule has 4 nitrogen and oxygen atoms in total. The van der Waals surface area contributed by atoms with Crippen molar-refractivity contribution in [3.8, 4) is 16.9 Å². The maximum atomic E-state index is 14.9. The summed E-state index contributed by atoms with van der Waals surface area (Å²) in [4.78, 5) is 20.6. The van der Waals surface area contributed by atoms with E-state index in [0.29, 0.717) is 27.2 Å². The van der Waals surface area contributed by atoms with Gasteiger partial charge >= 0.3 is 0 Å². The molecule has 3 heterocycles. The molecule has 0 unspecified atom stereocenters. The van der Waals surface area contributed by atoms with Crippen LogP contribution >= 0.6 is 11.6 Å². The number of nitrogens with zero attached hydrogens (tertiary/aromatic N) is 3. The average molecular weight is 508 g/mol.